The van der Waals surface area contributed by atoms with Gasteiger partial charge in [0.1, 0.15) is 11.8 Å². The van der Waals surface area contributed by atoms with Crippen molar-refractivity contribution in [2.24, 2.45) is 0 Å². The van der Waals surface area contributed by atoms with Gasteiger partial charge in [-0.05, 0) is 24.5 Å². The van der Waals surface area contributed by atoms with Crippen LogP contribution in [0, 0.1) is 23.2 Å². The van der Waals surface area contributed by atoms with E-state index in [0.717, 1.165) is 0 Å². The number of aliphatic hydroxyl groups is 1. The minimum absolute atomic E-state index is 0.141. The summed E-state index contributed by atoms with van der Waals surface area (Å²) in [6.07, 6.45) is 2.89. The Balaban J connectivity index is 2.74. The third-order valence-electron chi connectivity index (χ3n) is 1.59. The molecular formula is C11H10N2O. The van der Waals surface area contributed by atoms with Gasteiger partial charge in [-0.3, -0.25) is 0 Å². The number of hydrogen-bond acceptors (Lipinski definition) is 3. The minimum atomic E-state index is 0.141. The van der Waals surface area contributed by atoms with Crippen LogP contribution in [0.1, 0.15) is 24.1 Å². The molecule has 0 saturated carbocycles. The zero-order valence-corrected chi connectivity index (χ0v) is 7.70. The minimum Gasteiger partial charge on any atom is -0.396 e. The number of pyridine rings is 1. The summed E-state index contributed by atoms with van der Waals surface area (Å²) in [6, 6.07) is 5.41. The van der Waals surface area contributed by atoms with E-state index in [2.05, 4.69) is 16.8 Å². The second kappa shape index (κ2) is 5.75. The Morgan fingerprint density at radius 3 is 3.07 bits per heavy atom. The molecule has 0 radical (unpaired) electrons. The lowest BCUT2D eigenvalue weighted by Gasteiger charge is -1.91. The normalized spacial score (nSPS) is 8.57. The van der Waals surface area contributed by atoms with Crippen LogP contribution < -0.4 is 0 Å². The fraction of sp³-hybridized carbons (Fsp3) is 0.273. The molecule has 0 aliphatic heterocycles. The van der Waals surface area contributed by atoms with Crippen LogP contribution in [0.5, 0.6) is 0 Å². The van der Waals surface area contributed by atoms with Crippen molar-refractivity contribution in [2.45, 2.75) is 12.8 Å². The van der Waals surface area contributed by atoms with Gasteiger partial charge in [-0.25, -0.2) is 4.98 Å². The van der Waals surface area contributed by atoms with Crippen LogP contribution >= 0.6 is 0 Å². The van der Waals surface area contributed by atoms with Crippen molar-refractivity contribution in [2.75, 3.05) is 6.61 Å². The molecule has 0 saturated heterocycles. The Bertz CT molecular complexity index is 396. The molecule has 0 spiro atoms. The smallest absolute Gasteiger partial charge is 0.130 e. The van der Waals surface area contributed by atoms with Crippen molar-refractivity contribution in [3.8, 4) is 17.9 Å². The quantitative estimate of drug-likeness (QED) is 0.555. The summed E-state index contributed by atoms with van der Waals surface area (Å²) in [5.41, 5.74) is 0.997. The average Bonchev–Trinajstić information content (AvgIpc) is 2.25. The molecule has 1 heterocycles. The molecule has 0 unspecified atom stereocenters. The second-order valence-electron chi connectivity index (χ2n) is 2.64. The van der Waals surface area contributed by atoms with E-state index in [1.54, 1.807) is 18.3 Å². The van der Waals surface area contributed by atoms with Crippen LogP contribution in [0.4, 0.5) is 0 Å². The van der Waals surface area contributed by atoms with Crippen molar-refractivity contribution in [1.82, 2.24) is 4.98 Å². The highest BCUT2D eigenvalue weighted by Crippen LogP contribution is 2.01. The van der Waals surface area contributed by atoms with E-state index in [9.17, 15) is 0 Å². The van der Waals surface area contributed by atoms with Gasteiger partial charge >= 0.3 is 0 Å². The molecule has 14 heavy (non-hydrogen) atoms. The summed E-state index contributed by atoms with van der Waals surface area (Å²) in [7, 11) is 0. The van der Waals surface area contributed by atoms with Crippen LogP contribution in [-0.2, 0) is 0 Å². The van der Waals surface area contributed by atoms with Crippen LogP contribution in [0.3, 0.4) is 0 Å². The van der Waals surface area contributed by atoms with E-state index in [4.69, 9.17) is 10.4 Å². The first-order valence-electron chi connectivity index (χ1n) is 4.33. The summed E-state index contributed by atoms with van der Waals surface area (Å²) in [5, 5.41) is 17.3. The number of rotatable bonds is 2. The van der Waals surface area contributed by atoms with E-state index in [-0.39, 0.29) is 6.61 Å². The van der Waals surface area contributed by atoms with Crippen molar-refractivity contribution in [1.29, 1.82) is 5.26 Å². The van der Waals surface area contributed by atoms with E-state index < -0.39 is 0 Å². The molecule has 1 aromatic rings. The number of aromatic nitrogens is 1. The number of nitrogens with zero attached hydrogens (tertiary/aromatic N) is 2. The van der Waals surface area contributed by atoms with Gasteiger partial charge in [0.25, 0.3) is 0 Å². The van der Waals surface area contributed by atoms with Crippen molar-refractivity contribution < 1.29 is 5.11 Å². The number of unbranched alkanes of at least 4 members (excludes halogenated alkanes) is 1. The maximum atomic E-state index is 8.72. The average molecular weight is 186 g/mol. The zero-order chi connectivity index (χ0) is 10.2. The summed E-state index contributed by atoms with van der Waals surface area (Å²) in [4.78, 5) is 3.99. The monoisotopic (exact) mass is 186 g/mol. The maximum Gasteiger partial charge on any atom is 0.130 e. The second-order valence-corrected chi connectivity index (χ2v) is 2.64. The number of nitriles is 1. The zero-order valence-electron chi connectivity index (χ0n) is 7.70. The molecule has 3 nitrogen and oxygen atoms in total. The first kappa shape index (κ1) is 10.2. The van der Waals surface area contributed by atoms with Gasteiger partial charge in [-0.1, -0.05) is 5.92 Å². The fourth-order valence-electron chi connectivity index (χ4n) is 0.909. The highest BCUT2D eigenvalue weighted by molar-refractivity contribution is 5.42. The molecule has 0 bridgehead atoms. The Kier molecular flexibility index (Phi) is 4.20. The molecule has 0 amide bonds. The lowest BCUT2D eigenvalue weighted by molar-refractivity contribution is 0.290. The van der Waals surface area contributed by atoms with Crippen molar-refractivity contribution in [3.63, 3.8) is 0 Å². The lowest BCUT2D eigenvalue weighted by Crippen LogP contribution is -1.87. The van der Waals surface area contributed by atoms with E-state index in [1.807, 2.05) is 6.07 Å². The van der Waals surface area contributed by atoms with Gasteiger partial charge in [-0.15, -0.1) is 0 Å². The molecular weight excluding hydrogens is 176 g/mol. The van der Waals surface area contributed by atoms with Gasteiger partial charge in [0.2, 0.25) is 0 Å². The predicted octanol–water partition coefficient (Wildman–Crippen LogP) is 1.08. The Hall–Kier alpha value is -1.84. The molecule has 1 aromatic heterocycles. The summed E-state index contributed by atoms with van der Waals surface area (Å²) >= 11 is 0. The van der Waals surface area contributed by atoms with Gasteiger partial charge in [0.05, 0.1) is 5.56 Å². The first-order valence-corrected chi connectivity index (χ1v) is 4.33. The maximum absolute atomic E-state index is 8.72. The fourth-order valence-corrected chi connectivity index (χ4v) is 0.909. The molecule has 3 heteroatoms. The van der Waals surface area contributed by atoms with Crippen LogP contribution in [0.2, 0.25) is 0 Å². The van der Waals surface area contributed by atoms with Gasteiger partial charge in [0.15, 0.2) is 0 Å². The molecule has 0 aliphatic rings. The largest absolute Gasteiger partial charge is 0.396 e. The third-order valence-corrected chi connectivity index (χ3v) is 1.59. The highest BCUT2D eigenvalue weighted by atomic mass is 16.2. The summed E-state index contributed by atoms with van der Waals surface area (Å²) in [6.45, 7) is 0.141. The molecule has 1 N–H and O–H groups in total. The molecule has 1 rings (SSSR count). The molecule has 0 aromatic carbocycles. The Morgan fingerprint density at radius 1 is 1.50 bits per heavy atom. The van der Waals surface area contributed by atoms with Gasteiger partial charge in [-0.2, -0.15) is 5.26 Å². The predicted molar refractivity (Wildman–Crippen MR) is 52.1 cm³/mol. The van der Waals surface area contributed by atoms with E-state index in [0.29, 0.717) is 24.1 Å². The van der Waals surface area contributed by atoms with Crippen LogP contribution in [-0.4, -0.2) is 16.7 Å². The van der Waals surface area contributed by atoms with Gasteiger partial charge in [0, 0.05) is 19.2 Å². The summed E-state index contributed by atoms with van der Waals surface area (Å²) in [5.74, 6) is 5.66. The molecule has 0 aliphatic carbocycles. The topological polar surface area (TPSA) is 56.9 Å². The third kappa shape index (κ3) is 2.90. The van der Waals surface area contributed by atoms with Crippen molar-refractivity contribution in [3.05, 3.63) is 29.6 Å². The summed E-state index contributed by atoms with van der Waals surface area (Å²) < 4.78 is 0. The lowest BCUT2D eigenvalue weighted by atomic mass is 10.2. The molecule has 70 valence electrons. The number of aliphatic hydroxyl groups excluding tert-OH is 1. The number of hydrogen-bond donors (Lipinski definition) is 1. The van der Waals surface area contributed by atoms with E-state index >= 15 is 0 Å². The van der Waals surface area contributed by atoms with Gasteiger partial charge < -0.3 is 5.11 Å². The molecule has 0 atom stereocenters. The Morgan fingerprint density at radius 2 is 2.36 bits per heavy atom. The van der Waals surface area contributed by atoms with Crippen LogP contribution in [0.15, 0.2) is 18.3 Å². The standard InChI is InChI=1S/C11H10N2O/c12-9-10-5-4-7-13-11(10)6-2-1-3-8-14/h4-5,7,14H,1,3,8H2. The van der Waals surface area contributed by atoms with Crippen LogP contribution in [0.25, 0.3) is 0 Å². The first-order chi connectivity index (χ1) is 6.88. The highest BCUT2D eigenvalue weighted by Gasteiger charge is 1.96. The molecule has 0 fully saturated rings. The van der Waals surface area contributed by atoms with Crippen molar-refractivity contribution >= 4 is 0 Å². The Labute approximate surface area is 83.0 Å². The van der Waals surface area contributed by atoms with E-state index in [1.165, 1.54) is 0 Å². The SMILES string of the molecule is N#Cc1cccnc1C#CCCCO.